The lowest BCUT2D eigenvalue weighted by atomic mass is 10.3. The summed E-state index contributed by atoms with van der Waals surface area (Å²) in [6.07, 6.45) is 2.63. The molecule has 1 aromatic rings. The highest BCUT2D eigenvalue weighted by molar-refractivity contribution is 7.89. The zero-order valence-electron chi connectivity index (χ0n) is 10.1. The maximum Gasteiger partial charge on any atom is 0.249 e. The van der Waals surface area contributed by atoms with E-state index in [-0.39, 0.29) is 18.8 Å². The fourth-order valence-electron chi connectivity index (χ4n) is 1.51. The molecule has 0 unspecified atom stereocenters. The van der Waals surface area contributed by atoms with E-state index in [1.165, 1.54) is 12.2 Å². The standard InChI is InChI=1S/C12H14F2N2O2S/c1-3-5-16(6-4-2)19(17,18)12-10(13)7-9(15)8-11(12)14/h3-4,7-8H,1-2,5-6,15H2. The van der Waals surface area contributed by atoms with Crippen LogP contribution in [0.5, 0.6) is 0 Å². The average Bonchev–Trinajstić information content (AvgIpc) is 2.26. The minimum absolute atomic E-state index is 0.0857. The van der Waals surface area contributed by atoms with Crippen molar-refractivity contribution in [1.82, 2.24) is 4.31 Å². The first-order valence-corrected chi connectivity index (χ1v) is 6.75. The number of sulfonamides is 1. The first-order valence-electron chi connectivity index (χ1n) is 5.31. The number of hydrogen-bond acceptors (Lipinski definition) is 3. The highest BCUT2D eigenvalue weighted by atomic mass is 32.2. The van der Waals surface area contributed by atoms with Gasteiger partial charge in [0.25, 0.3) is 0 Å². The molecule has 0 aliphatic heterocycles. The van der Waals surface area contributed by atoms with Crippen LogP contribution in [0.15, 0.2) is 42.3 Å². The predicted octanol–water partition coefficient (Wildman–Crippen LogP) is 1.91. The van der Waals surface area contributed by atoms with Crippen molar-refractivity contribution in [3.05, 3.63) is 49.1 Å². The van der Waals surface area contributed by atoms with Gasteiger partial charge in [0.05, 0.1) is 0 Å². The number of nitrogen functional groups attached to an aromatic ring is 1. The Kier molecular flexibility index (Phi) is 4.79. The Morgan fingerprint density at radius 3 is 1.95 bits per heavy atom. The second kappa shape index (κ2) is 5.94. The van der Waals surface area contributed by atoms with Crippen molar-refractivity contribution >= 4 is 15.7 Å². The van der Waals surface area contributed by atoms with Crippen molar-refractivity contribution in [2.24, 2.45) is 0 Å². The molecule has 0 radical (unpaired) electrons. The van der Waals surface area contributed by atoms with Crippen LogP contribution in [-0.2, 0) is 10.0 Å². The molecular weight excluding hydrogens is 274 g/mol. The quantitative estimate of drug-likeness (QED) is 0.642. The zero-order valence-corrected chi connectivity index (χ0v) is 11.0. The monoisotopic (exact) mass is 288 g/mol. The van der Waals surface area contributed by atoms with Crippen LogP contribution in [0.3, 0.4) is 0 Å². The number of nitrogens with zero attached hydrogens (tertiary/aromatic N) is 1. The summed E-state index contributed by atoms with van der Waals surface area (Å²) in [5.74, 6) is -2.45. The Bertz CT molecular complexity index is 567. The van der Waals surface area contributed by atoms with E-state index in [1.807, 2.05) is 0 Å². The first kappa shape index (κ1) is 15.3. The molecule has 0 bridgehead atoms. The number of halogens is 2. The van der Waals surface area contributed by atoms with Crippen LogP contribution in [-0.4, -0.2) is 25.8 Å². The van der Waals surface area contributed by atoms with Crippen molar-refractivity contribution in [3.63, 3.8) is 0 Å². The molecule has 0 saturated heterocycles. The lowest BCUT2D eigenvalue weighted by Gasteiger charge is -2.19. The Morgan fingerprint density at radius 1 is 1.16 bits per heavy atom. The second-order valence-corrected chi connectivity index (χ2v) is 5.59. The van der Waals surface area contributed by atoms with E-state index in [0.29, 0.717) is 0 Å². The van der Waals surface area contributed by atoms with Crippen molar-refractivity contribution in [2.45, 2.75) is 4.90 Å². The fourth-order valence-corrected chi connectivity index (χ4v) is 2.99. The van der Waals surface area contributed by atoms with Crippen LogP contribution in [0.4, 0.5) is 14.5 Å². The second-order valence-electron chi connectivity index (χ2n) is 3.71. The summed E-state index contributed by atoms with van der Waals surface area (Å²) in [5, 5.41) is 0. The van der Waals surface area contributed by atoms with E-state index in [2.05, 4.69) is 13.2 Å². The Morgan fingerprint density at radius 2 is 1.58 bits per heavy atom. The van der Waals surface area contributed by atoms with Gasteiger partial charge in [-0.3, -0.25) is 0 Å². The fraction of sp³-hybridized carbons (Fsp3) is 0.167. The molecule has 1 aromatic carbocycles. The molecule has 4 nitrogen and oxygen atoms in total. The summed E-state index contributed by atoms with van der Waals surface area (Å²) in [6.45, 7) is 6.63. The van der Waals surface area contributed by atoms with Gasteiger partial charge in [0.1, 0.15) is 11.6 Å². The van der Waals surface area contributed by atoms with Gasteiger partial charge in [-0.25, -0.2) is 17.2 Å². The minimum Gasteiger partial charge on any atom is -0.399 e. The minimum atomic E-state index is -4.32. The molecule has 0 heterocycles. The van der Waals surface area contributed by atoms with E-state index in [1.54, 1.807) is 0 Å². The highest BCUT2D eigenvalue weighted by Crippen LogP contribution is 2.25. The van der Waals surface area contributed by atoms with E-state index in [9.17, 15) is 17.2 Å². The first-order chi connectivity index (χ1) is 8.84. The smallest absolute Gasteiger partial charge is 0.249 e. The third-order valence-electron chi connectivity index (χ3n) is 2.28. The third-order valence-corrected chi connectivity index (χ3v) is 4.17. The Balaban J connectivity index is 3.40. The predicted molar refractivity (Wildman–Crippen MR) is 69.9 cm³/mol. The maximum absolute atomic E-state index is 13.7. The van der Waals surface area contributed by atoms with Crippen molar-refractivity contribution in [2.75, 3.05) is 18.8 Å². The molecule has 19 heavy (non-hydrogen) atoms. The van der Waals surface area contributed by atoms with Crippen LogP contribution in [0.25, 0.3) is 0 Å². The van der Waals surface area contributed by atoms with Crippen LogP contribution in [0, 0.1) is 11.6 Å². The molecule has 0 atom stereocenters. The molecule has 0 fully saturated rings. The summed E-state index contributed by atoms with van der Waals surface area (Å²) in [6, 6.07) is 1.52. The van der Waals surface area contributed by atoms with Gasteiger partial charge in [-0.2, -0.15) is 4.31 Å². The van der Waals surface area contributed by atoms with Gasteiger partial charge >= 0.3 is 0 Å². The highest BCUT2D eigenvalue weighted by Gasteiger charge is 2.29. The number of hydrogen-bond donors (Lipinski definition) is 1. The van der Waals surface area contributed by atoms with E-state index < -0.39 is 26.6 Å². The van der Waals surface area contributed by atoms with Gasteiger partial charge in [0, 0.05) is 18.8 Å². The summed E-state index contributed by atoms with van der Waals surface area (Å²) in [5.41, 5.74) is 5.06. The van der Waals surface area contributed by atoms with E-state index in [4.69, 9.17) is 5.73 Å². The third kappa shape index (κ3) is 3.18. The lowest BCUT2D eigenvalue weighted by Crippen LogP contribution is -2.32. The molecule has 0 amide bonds. The van der Waals surface area contributed by atoms with E-state index in [0.717, 1.165) is 16.4 Å². The molecule has 2 N–H and O–H groups in total. The topological polar surface area (TPSA) is 63.4 Å². The van der Waals surface area contributed by atoms with E-state index >= 15 is 0 Å². The lowest BCUT2D eigenvalue weighted by molar-refractivity contribution is 0.454. The molecule has 7 heteroatoms. The average molecular weight is 288 g/mol. The van der Waals surface area contributed by atoms with Crippen molar-refractivity contribution in [3.8, 4) is 0 Å². The van der Waals surface area contributed by atoms with Gasteiger partial charge in [-0.15, -0.1) is 13.2 Å². The molecule has 0 saturated carbocycles. The molecule has 0 aliphatic rings. The number of anilines is 1. The van der Waals surface area contributed by atoms with Crippen LogP contribution in [0.2, 0.25) is 0 Å². The van der Waals surface area contributed by atoms with Gasteiger partial charge in [-0.05, 0) is 12.1 Å². The molecule has 0 aromatic heterocycles. The maximum atomic E-state index is 13.7. The molecular formula is C12H14F2N2O2S. The Labute approximate surface area is 110 Å². The SMILES string of the molecule is C=CCN(CC=C)S(=O)(=O)c1c(F)cc(N)cc1F. The molecule has 0 spiro atoms. The number of nitrogens with two attached hydrogens (primary N) is 1. The van der Waals surface area contributed by atoms with Gasteiger partial charge in [-0.1, -0.05) is 12.2 Å². The summed E-state index contributed by atoms with van der Waals surface area (Å²) < 4.78 is 52.5. The Hall–Kier alpha value is -1.73. The van der Waals surface area contributed by atoms with Gasteiger partial charge in [0.15, 0.2) is 4.90 Å². The summed E-state index contributed by atoms with van der Waals surface area (Å²) in [7, 11) is -4.32. The van der Waals surface area contributed by atoms with Crippen LogP contribution >= 0.6 is 0 Å². The van der Waals surface area contributed by atoms with Crippen molar-refractivity contribution in [1.29, 1.82) is 0 Å². The molecule has 0 aliphatic carbocycles. The number of rotatable bonds is 6. The summed E-state index contributed by atoms with van der Waals surface area (Å²) in [4.78, 5) is -1.02. The number of benzene rings is 1. The van der Waals surface area contributed by atoms with Crippen molar-refractivity contribution < 1.29 is 17.2 Å². The largest absolute Gasteiger partial charge is 0.399 e. The molecule has 104 valence electrons. The summed E-state index contributed by atoms with van der Waals surface area (Å²) >= 11 is 0. The van der Waals surface area contributed by atoms with Gasteiger partial charge in [0.2, 0.25) is 10.0 Å². The zero-order chi connectivity index (χ0) is 14.6. The normalized spacial score (nSPS) is 11.5. The van der Waals surface area contributed by atoms with Gasteiger partial charge < -0.3 is 5.73 Å². The van der Waals surface area contributed by atoms with Crippen LogP contribution < -0.4 is 5.73 Å². The van der Waals surface area contributed by atoms with Crippen LogP contribution in [0.1, 0.15) is 0 Å². The molecule has 1 rings (SSSR count).